The van der Waals surface area contributed by atoms with Crippen LogP contribution >= 0.6 is 0 Å². The van der Waals surface area contributed by atoms with Gasteiger partial charge in [-0.3, -0.25) is 19.4 Å². The summed E-state index contributed by atoms with van der Waals surface area (Å²) in [5.41, 5.74) is 1.17. The fourth-order valence-electron chi connectivity index (χ4n) is 5.11. The van der Waals surface area contributed by atoms with Gasteiger partial charge < -0.3 is 20.0 Å². The van der Waals surface area contributed by atoms with Crippen LogP contribution in [0.25, 0.3) is 0 Å². The van der Waals surface area contributed by atoms with Crippen LogP contribution in [0.4, 0.5) is 5.69 Å². The number of hydrogen-bond acceptors (Lipinski definition) is 5. The molecule has 8 heteroatoms. The Morgan fingerprint density at radius 1 is 1.03 bits per heavy atom. The van der Waals surface area contributed by atoms with E-state index in [1.54, 1.807) is 11.1 Å². The third-order valence-electron chi connectivity index (χ3n) is 7.17. The van der Waals surface area contributed by atoms with Crippen LogP contribution in [0.1, 0.15) is 31.4 Å². The third-order valence-corrected chi connectivity index (χ3v) is 7.17. The molecule has 1 saturated carbocycles. The number of piperidine rings is 1. The van der Waals surface area contributed by atoms with Crippen molar-refractivity contribution in [1.82, 2.24) is 20.1 Å². The number of nitrogens with zero attached hydrogens (tertiary/aromatic N) is 4. The van der Waals surface area contributed by atoms with Crippen LogP contribution in [-0.2, 0) is 20.8 Å². The Labute approximate surface area is 199 Å². The van der Waals surface area contributed by atoms with E-state index < -0.39 is 5.54 Å². The van der Waals surface area contributed by atoms with Gasteiger partial charge >= 0.3 is 0 Å². The number of carbonyl (C=O) groups is 3. The second-order valence-corrected chi connectivity index (χ2v) is 9.46. The first-order valence-electron chi connectivity index (χ1n) is 12.1. The number of aromatic nitrogens is 1. The molecule has 1 N–H and O–H groups in total. The third kappa shape index (κ3) is 4.49. The van der Waals surface area contributed by atoms with Crippen molar-refractivity contribution in [3.8, 4) is 0 Å². The van der Waals surface area contributed by atoms with E-state index in [2.05, 4.69) is 15.2 Å². The van der Waals surface area contributed by atoms with Crippen LogP contribution in [0, 0.1) is 5.92 Å². The molecule has 34 heavy (non-hydrogen) atoms. The average Bonchev–Trinajstić information content (AvgIpc) is 3.69. The van der Waals surface area contributed by atoms with Crippen LogP contribution in [0.3, 0.4) is 0 Å². The molecule has 2 aromatic rings. The van der Waals surface area contributed by atoms with Gasteiger partial charge in [0, 0.05) is 49.6 Å². The van der Waals surface area contributed by atoms with Crippen molar-refractivity contribution in [2.45, 2.75) is 37.6 Å². The molecule has 3 amide bonds. The summed E-state index contributed by atoms with van der Waals surface area (Å²) in [7, 11) is 0. The first kappa shape index (κ1) is 22.4. The maximum Gasteiger partial charge on any atom is 0.250 e. The lowest BCUT2D eigenvalue weighted by Gasteiger charge is -2.43. The first-order chi connectivity index (χ1) is 16.6. The summed E-state index contributed by atoms with van der Waals surface area (Å²) < 4.78 is 0. The molecule has 178 valence electrons. The summed E-state index contributed by atoms with van der Waals surface area (Å²) in [4.78, 5) is 48.9. The van der Waals surface area contributed by atoms with Crippen LogP contribution in [0.2, 0.25) is 0 Å². The van der Waals surface area contributed by atoms with Gasteiger partial charge in [-0.25, -0.2) is 0 Å². The molecular weight excluding hydrogens is 430 g/mol. The predicted molar refractivity (Wildman–Crippen MR) is 128 cm³/mol. The van der Waals surface area contributed by atoms with Gasteiger partial charge in [-0.05, 0) is 49.9 Å². The van der Waals surface area contributed by atoms with Gasteiger partial charge in [0.05, 0.1) is 6.67 Å². The molecule has 0 bridgehead atoms. The minimum atomic E-state index is -0.712. The van der Waals surface area contributed by atoms with Gasteiger partial charge in [0.1, 0.15) is 12.1 Å². The molecular formula is C26H31N5O3. The second kappa shape index (κ2) is 9.44. The Morgan fingerprint density at radius 2 is 1.76 bits per heavy atom. The number of rotatable bonds is 7. The highest BCUT2D eigenvalue weighted by Gasteiger charge is 2.54. The Balaban J connectivity index is 1.25. The summed E-state index contributed by atoms with van der Waals surface area (Å²) in [6, 6.07) is 15.6. The van der Waals surface area contributed by atoms with Crippen molar-refractivity contribution in [3.05, 3.63) is 60.4 Å². The van der Waals surface area contributed by atoms with Gasteiger partial charge in [0.15, 0.2) is 0 Å². The van der Waals surface area contributed by atoms with E-state index in [4.69, 9.17) is 0 Å². The quantitative estimate of drug-likeness (QED) is 0.680. The van der Waals surface area contributed by atoms with Crippen molar-refractivity contribution < 1.29 is 14.4 Å². The zero-order valence-electron chi connectivity index (χ0n) is 19.4. The first-order valence-corrected chi connectivity index (χ1v) is 12.1. The summed E-state index contributed by atoms with van der Waals surface area (Å²) in [5, 5.41) is 2.92. The summed E-state index contributed by atoms with van der Waals surface area (Å²) >= 11 is 0. The molecule has 5 rings (SSSR count). The topological polar surface area (TPSA) is 85.9 Å². The molecule has 1 aromatic heterocycles. The van der Waals surface area contributed by atoms with E-state index in [0.29, 0.717) is 45.6 Å². The van der Waals surface area contributed by atoms with Crippen molar-refractivity contribution in [2.75, 3.05) is 37.7 Å². The van der Waals surface area contributed by atoms with Gasteiger partial charge in [0.25, 0.3) is 5.91 Å². The molecule has 3 aliphatic rings. The maximum atomic E-state index is 13.7. The Hall–Kier alpha value is -3.42. The molecule has 0 atom stereocenters. The van der Waals surface area contributed by atoms with Crippen molar-refractivity contribution in [2.24, 2.45) is 5.92 Å². The molecule has 3 fully saturated rings. The number of nitrogens with one attached hydrogen (secondary N) is 1. The molecule has 0 radical (unpaired) electrons. The zero-order chi connectivity index (χ0) is 23.5. The average molecular weight is 462 g/mol. The highest BCUT2D eigenvalue weighted by atomic mass is 16.2. The summed E-state index contributed by atoms with van der Waals surface area (Å²) in [5.74, 6) is 0.228. The smallest absolute Gasteiger partial charge is 0.250 e. The lowest BCUT2D eigenvalue weighted by atomic mass is 9.85. The molecule has 2 saturated heterocycles. The fourth-order valence-corrected chi connectivity index (χ4v) is 5.11. The monoisotopic (exact) mass is 461 g/mol. The van der Waals surface area contributed by atoms with Crippen LogP contribution in [-0.4, -0.2) is 70.9 Å². The normalized spacial score (nSPS) is 19.5. The number of anilines is 1. The Bertz CT molecular complexity index is 1030. The summed E-state index contributed by atoms with van der Waals surface area (Å²) in [6.07, 6.45) is 5.51. The lowest BCUT2D eigenvalue weighted by Crippen LogP contribution is -2.57. The number of carbonyl (C=O) groups excluding carboxylic acids is 3. The lowest BCUT2D eigenvalue weighted by molar-refractivity contribution is -0.140. The highest BCUT2D eigenvalue weighted by Crippen LogP contribution is 2.40. The van der Waals surface area contributed by atoms with Crippen molar-refractivity contribution >= 4 is 23.4 Å². The molecule has 2 aliphatic heterocycles. The van der Waals surface area contributed by atoms with E-state index in [1.807, 2.05) is 53.4 Å². The number of amides is 3. The zero-order valence-corrected chi connectivity index (χ0v) is 19.4. The number of para-hydroxylation sites is 1. The van der Waals surface area contributed by atoms with E-state index >= 15 is 0 Å². The van der Waals surface area contributed by atoms with Crippen LogP contribution in [0.15, 0.2) is 54.7 Å². The highest BCUT2D eigenvalue weighted by molar-refractivity contribution is 5.96. The largest absolute Gasteiger partial charge is 0.354 e. The number of pyridine rings is 1. The predicted octanol–water partition coefficient (Wildman–Crippen LogP) is 1.82. The van der Waals surface area contributed by atoms with Gasteiger partial charge in [-0.15, -0.1) is 0 Å². The van der Waals surface area contributed by atoms with Gasteiger partial charge in [0.2, 0.25) is 11.8 Å². The van der Waals surface area contributed by atoms with Crippen LogP contribution in [0.5, 0.6) is 0 Å². The Kier molecular flexibility index (Phi) is 6.22. The Morgan fingerprint density at radius 3 is 2.44 bits per heavy atom. The SMILES string of the molecule is O=C(CN1CN(c2ccccc2)C2(CCN(C(=O)C3CC3)CC2)C1=O)NCCc1ccccn1. The molecule has 8 nitrogen and oxygen atoms in total. The molecule has 3 heterocycles. The van der Waals surface area contributed by atoms with Gasteiger partial charge in [-0.1, -0.05) is 24.3 Å². The number of likely N-dealkylation sites (tertiary alicyclic amines) is 1. The van der Waals surface area contributed by atoms with Crippen molar-refractivity contribution in [1.29, 1.82) is 0 Å². The number of hydrogen-bond donors (Lipinski definition) is 1. The number of benzene rings is 1. The molecule has 1 aliphatic carbocycles. The molecule has 1 spiro atoms. The minimum Gasteiger partial charge on any atom is -0.354 e. The van der Waals surface area contributed by atoms with E-state index in [9.17, 15) is 14.4 Å². The van der Waals surface area contributed by atoms with E-state index in [-0.39, 0.29) is 30.2 Å². The fraction of sp³-hybridized carbons (Fsp3) is 0.462. The van der Waals surface area contributed by atoms with Gasteiger partial charge in [-0.2, -0.15) is 0 Å². The van der Waals surface area contributed by atoms with E-state index in [0.717, 1.165) is 24.2 Å². The molecule has 0 unspecified atom stereocenters. The summed E-state index contributed by atoms with van der Waals surface area (Å²) in [6.45, 7) is 2.02. The van der Waals surface area contributed by atoms with E-state index in [1.165, 1.54) is 0 Å². The second-order valence-electron chi connectivity index (χ2n) is 9.46. The van der Waals surface area contributed by atoms with Crippen LogP contribution < -0.4 is 10.2 Å². The van der Waals surface area contributed by atoms with Crippen molar-refractivity contribution in [3.63, 3.8) is 0 Å². The molecule has 1 aromatic carbocycles. The minimum absolute atomic E-state index is 0.0187. The maximum absolute atomic E-state index is 13.7. The standard InChI is InChI=1S/C26H31N5O3/c32-23(28-15-11-21-6-4-5-14-27-21)18-30-19-31(22-7-2-1-3-8-22)26(25(30)34)12-16-29(17-13-26)24(33)20-9-10-20/h1-8,14,20H,9-13,15-19H2,(H,28,32).